The first-order valence-corrected chi connectivity index (χ1v) is 10.0. The molecular formula is C23H28N2O3. The van der Waals surface area contributed by atoms with Crippen LogP contribution >= 0.6 is 0 Å². The summed E-state index contributed by atoms with van der Waals surface area (Å²) in [6.07, 6.45) is 5.36. The van der Waals surface area contributed by atoms with Crippen molar-refractivity contribution in [2.45, 2.75) is 57.2 Å². The van der Waals surface area contributed by atoms with Gasteiger partial charge in [0, 0.05) is 12.5 Å². The highest BCUT2D eigenvalue weighted by molar-refractivity contribution is 5.86. The van der Waals surface area contributed by atoms with E-state index >= 15 is 0 Å². The molecule has 28 heavy (non-hydrogen) atoms. The second kappa shape index (κ2) is 10.5. The Bertz CT molecular complexity index is 743. The fraction of sp³-hybridized carbons (Fsp3) is 0.391. The zero-order valence-electron chi connectivity index (χ0n) is 16.1. The highest BCUT2D eigenvalue weighted by Crippen LogP contribution is 2.17. The Morgan fingerprint density at radius 3 is 2.14 bits per heavy atom. The van der Waals surface area contributed by atoms with E-state index in [1.54, 1.807) is 0 Å². The Balaban J connectivity index is 1.59. The van der Waals surface area contributed by atoms with Gasteiger partial charge in [-0.3, -0.25) is 4.79 Å². The average Bonchev–Trinajstić information content (AvgIpc) is 2.74. The minimum atomic E-state index is -0.660. The van der Waals surface area contributed by atoms with E-state index in [9.17, 15) is 9.59 Å². The highest BCUT2D eigenvalue weighted by Gasteiger charge is 2.25. The van der Waals surface area contributed by atoms with Gasteiger partial charge in [-0.25, -0.2) is 4.79 Å². The molecule has 1 aliphatic carbocycles. The largest absolute Gasteiger partial charge is 0.445 e. The van der Waals surface area contributed by atoms with Crippen molar-refractivity contribution >= 4 is 12.0 Å². The molecule has 2 N–H and O–H groups in total. The maximum Gasteiger partial charge on any atom is 0.408 e. The van der Waals surface area contributed by atoms with Crippen LogP contribution in [0.25, 0.3) is 0 Å². The summed E-state index contributed by atoms with van der Waals surface area (Å²) in [6.45, 7) is 0.176. The number of hydrogen-bond acceptors (Lipinski definition) is 3. The summed E-state index contributed by atoms with van der Waals surface area (Å²) in [6, 6.07) is 18.7. The van der Waals surface area contributed by atoms with E-state index < -0.39 is 12.1 Å². The summed E-state index contributed by atoms with van der Waals surface area (Å²) >= 11 is 0. The molecule has 0 heterocycles. The quantitative estimate of drug-likeness (QED) is 0.764. The first-order chi connectivity index (χ1) is 13.7. The molecule has 148 valence electrons. The standard InChI is InChI=1S/C23H28N2O3/c26-22(24-20-14-8-3-9-15-20)21(16-18-10-4-1-5-11-18)25-23(27)28-17-19-12-6-2-7-13-19/h1-2,4-7,10-13,20-21H,3,8-9,14-17H2,(H,24,26)(H,25,27). The lowest BCUT2D eigenvalue weighted by atomic mass is 9.95. The van der Waals surface area contributed by atoms with E-state index in [-0.39, 0.29) is 18.6 Å². The first-order valence-electron chi connectivity index (χ1n) is 10.0. The predicted molar refractivity (Wildman–Crippen MR) is 109 cm³/mol. The van der Waals surface area contributed by atoms with Gasteiger partial charge in [-0.1, -0.05) is 79.9 Å². The molecule has 1 saturated carbocycles. The molecular weight excluding hydrogens is 352 g/mol. The first kappa shape index (κ1) is 19.9. The van der Waals surface area contributed by atoms with E-state index in [0.717, 1.165) is 36.8 Å². The van der Waals surface area contributed by atoms with Crippen LogP contribution in [-0.2, 0) is 22.6 Å². The summed E-state index contributed by atoms with van der Waals surface area (Å²) in [5.74, 6) is -0.146. The molecule has 3 rings (SSSR count). The van der Waals surface area contributed by atoms with E-state index in [4.69, 9.17) is 4.74 Å². The number of alkyl carbamates (subject to hydrolysis) is 1. The van der Waals surface area contributed by atoms with Crippen LogP contribution in [0.5, 0.6) is 0 Å². The summed E-state index contributed by atoms with van der Waals surface area (Å²) in [5, 5.41) is 5.86. The number of benzene rings is 2. The smallest absolute Gasteiger partial charge is 0.408 e. The molecule has 1 aliphatic rings. The zero-order valence-corrected chi connectivity index (χ0v) is 16.1. The van der Waals surface area contributed by atoms with Crippen LogP contribution in [0, 0.1) is 0 Å². The summed E-state index contributed by atoms with van der Waals surface area (Å²) in [5.41, 5.74) is 1.90. The maximum atomic E-state index is 12.8. The van der Waals surface area contributed by atoms with Crippen molar-refractivity contribution in [3.8, 4) is 0 Å². The van der Waals surface area contributed by atoms with Crippen molar-refractivity contribution in [1.82, 2.24) is 10.6 Å². The van der Waals surface area contributed by atoms with Gasteiger partial charge in [-0.2, -0.15) is 0 Å². The predicted octanol–water partition coefficient (Wildman–Crippen LogP) is 3.97. The molecule has 2 amide bonds. The van der Waals surface area contributed by atoms with Crippen LogP contribution < -0.4 is 10.6 Å². The molecule has 2 aromatic carbocycles. The maximum absolute atomic E-state index is 12.8. The summed E-state index contributed by atoms with van der Waals surface area (Å²) in [4.78, 5) is 25.1. The number of rotatable bonds is 7. The molecule has 1 unspecified atom stereocenters. The lowest BCUT2D eigenvalue weighted by Crippen LogP contribution is -2.51. The van der Waals surface area contributed by atoms with Crippen LogP contribution in [0.3, 0.4) is 0 Å². The average molecular weight is 380 g/mol. The third-order valence-electron chi connectivity index (χ3n) is 5.06. The van der Waals surface area contributed by atoms with Crippen LogP contribution in [0.4, 0.5) is 4.79 Å². The fourth-order valence-electron chi connectivity index (χ4n) is 3.51. The Labute approximate surface area is 166 Å². The number of ether oxygens (including phenoxy) is 1. The zero-order chi connectivity index (χ0) is 19.6. The van der Waals surface area contributed by atoms with E-state index in [2.05, 4.69) is 10.6 Å². The number of carbonyl (C=O) groups is 2. The van der Waals surface area contributed by atoms with Crippen molar-refractivity contribution in [1.29, 1.82) is 0 Å². The number of carbonyl (C=O) groups excluding carboxylic acids is 2. The molecule has 0 spiro atoms. The van der Waals surface area contributed by atoms with Crippen molar-refractivity contribution in [2.24, 2.45) is 0 Å². The topological polar surface area (TPSA) is 67.4 Å². The molecule has 2 aromatic rings. The molecule has 1 atom stereocenters. The van der Waals surface area contributed by atoms with Gasteiger partial charge < -0.3 is 15.4 Å². The van der Waals surface area contributed by atoms with Crippen LogP contribution in [0.2, 0.25) is 0 Å². The molecule has 0 bridgehead atoms. The van der Waals surface area contributed by atoms with Gasteiger partial charge in [0.05, 0.1) is 0 Å². The lowest BCUT2D eigenvalue weighted by Gasteiger charge is -2.26. The van der Waals surface area contributed by atoms with E-state index in [1.807, 2.05) is 60.7 Å². The van der Waals surface area contributed by atoms with Gasteiger partial charge in [-0.05, 0) is 24.0 Å². The van der Waals surface area contributed by atoms with Crippen LogP contribution in [-0.4, -0.2) is 24.1 Å². The Morgan fingerprint density at radius 1 is 0.893 bits per heavy atom. The molecule has 1 fully saturated rings. The third-order valence-corrected chi connectivity index (χ3v) is 5.06. The lowest BCUT2D eigenvalue weighted by molar-refractivity contribution is -0.124. The van der Waals surface area contributed by atoms with Crippen molar-refractivity contribution < 1.29 is 14.3 Å². The molecule has 0 aliphatic heterocycles. The molecule has 5 heteroatoms. The molecule has 0 saturated heterocycles. The van der Waals surface area contributed by atoms with Gasteiger partial charge >= 0.3 is 6.09 Å². The van der Waals surface area contributed by atoms with Crippen LogP contribution in [0.15, 0.2) is 60.7 Å². The normalized spacial score (nSPS) is 15.4. The third kappa shape index (κ3) is 6.41. The van der Waals surface area contributed by atoms with E-state index in [1.165, 1.54) is 6.42 Å². The number of amides is 2. The molecule has 5 nitrogen and oxygen atoms in total. The fourth-order valence-corrected chi connectivity index (χ4v) is 3.51. The van der Waals surface area contributed by atoms with Gasteiger partial charge in [0.25, 0.3) is 0 Å². The minimum absolute atomic E-state index is 0.146. The van der Waals surface area contributed by atoms with E-state index in [0.29, 0.717) is 6.42 Å². The molecule has 0 aromatic heterocycles. The highest BCUT2D eigenvalue weighted by atomic mass is 16.5. The molecule has 0 radical (unpaired) electrons. The Hall–Kier alpha value is -2.82. The monoisotopic (exact) mass is 380 g/mol. The van der Waals surface area contributed by atoms with Gasteiger partial charge in [0.1, 0.15) is 12.6 Å². The second-order valence-corrected chi connectivity index (χ2v) is 7.29. The second-order valence-electron chi connectivity index (χ2n) is 7.29. The minimum Gasteiger partial charge on any atom is -0.445 e. The van der Waals surface area contributed by atoms with Crippen LogP contribution in [0.1, 0.15) is 43.2 Å². The number of nitrogens with one attached hydrogen (secondary N) is 2. The SMILES string of the molecule is O=C(NC(Cc1ccccc1)C(=O)NC1CCCCC1)OCc1ccccc1. The van der Waals surface area contributed by atoms with Gasteiger partial charge in [0.2, 0.25) is 5.91 Å². The van der Waals surface area contributed by atoms with Crippen molar-refractivity contribution in [3.05, 3.63) is 71.8 Å². The Morgan fingerprint density at radius 2 is 1.50 bits per heavy atom. The number of hydrogen-bond donors (Lipinski definition) is 2. The summed E-state index contributed by atoms with van der Waals surface area (Å²) < 4.78 is 5.31. The summed E-state index contributed by atoms with van der Waals surface area (Å²) in [7, 11) is 0. The van der Waals surface area contributed by atoms with Crippen molar-refractivity contribution in [2.75, 3.05) is 0 Å². The Kier molecular flexibility index (Phi) is 7.47. The van der Waals surface area contributed by atoms with Gasteiger partial charge in [-0.15, -0.1) is 0 Å². The van der Waals surface area contributed by atoms with Crippen molar-refractivity contribution in [3.63, 3.8) is 0 Å². The van der Waals surface area contributed by atoms with Gasteiger partial charge in [0.15, 0.2) is 0 Å².